The van der Waals surface area contributed by atoms with Crippen molar-refractivity contribution in [3.8, 4) is 0 Å². The zero-order chi connectivity index (χ0) is 25.7. The minimum Gasteiger partial charge on any atom is -0.383 e. The number of aromatic amines is 1. The SMILES string of the molecule is COCCN(C(=O)C1CC(=O)N(Cc2ccccc2)C1)c1c(N)n(Cc2ccccc2)c(=O)[nH]c1=O. The van der Waals surface area contributed by atoms with Crippen LogP contribution in [0.5, 0.6) is 0 Å². The Kier molecular flexibility index (Phi) is 7.65. The number of amides is 2. The Hall–Kier alpha value is -4.18. The van der Waals surface area contributed by atoms with Gasteiger partial charge >= 0.3 is 5.69 Å². The van der Waals surface area contributed by atoms with Gasteiger partial charge in [-0.3, -0.25) is 23.9 Å². The Morgan fingerprint density at radius 1 is 1.03 bits per heavy atom. The molecule has 2 heterocycles. The van der Waals surface area contributed by atoms with E-state index in [-0.39, 0.29) is 50.1 Å². The predicted molar refractivity (Wildman–Crippen MR) is 135 cm³/mol. The van der Waals surface area contributed by atoms with E-state index in [4.69, 9.17) is 10.5 Å². The van der Waals surface area contributed by atoms with Gasteiger partial charge in [0.1, 0.15) is 5.82 Å². The van der Waals surface area contributed by atoms with Crippen LogP contribution < -0.4 is 21.9 Å². The van der Waals surface area contributed by atoms with Crippen LogP contribution in [-0.2, 0) is 27.4 Å². The summed E-state index contributed by atoms with van der Waals surface area (Å²) in [5, 5.41) is 0. The first-order chi connectivity index (χ1) is 17.4. The summed E-state index contributed by atoms with van der Waals surface area (Å²) < 4.78 is 6.39. The molecule has 36 heavy (non-hydrogen) atoms. The van der Waals surface area contributed by atoms with Crippen molar-refractivity contribution in [3.63, 3.8) is 0 Å². The van der Waals surface area contributed by atoms with E-state index < -0.39 is 23.1 Å². The number of aromatic nitrogens is 2. The zero-order valence-corrected chi connectivity index (χ0v) is 20.1. The fourth-order valence-electron chi connectivity index (χ4n) is 4.39. The Balaban J connectivity index is 1.63. The second-order valence-electron chi connectivity index (χ2n) is 8.71. The maximum Gasteiger partial charge on any atom is 0.330 e. The molecule has 1 aromatic heterocycles. The van der Waals surface area contributed by atoms with Gasteiger partial charge in [-0.1, -0.05) is 60.7 Å². The number of hydrogen-bond acceptors (Lipinski definition) is 6. The molecule has 3 N–H and O–H groups in total. The van der Waals surface area contributed by atoms with Crippen LogP contribution in [0, 0.1) is 5.92 Å². The van der Waals surface area contributed by atoms with E-state index in [1.54, 1.807) is 4.90 Å². The fraction of sp³-hybridized carbons (Fsp3) is 0.308. The molecule has 10 nitrogen and oxygen atoms in total. The molecule has 1 aliphatic heterocycles. The molecule has 1 unspecified atom stereocenters. The highest BCUT2D eigenvalue weighted by Gasteiger charge is 2.38. The number of methoxy groups -OCH3 is 1. The van der Waals surface area contributed by atoms with Crippen LogP contribution in [0.25, 0.3) is 0 Å². The monoisotopic (exact) mass is 491 g/mol. The number of hydrogen-bond donors (Lipinski definition) is 2. The van der Waals surface area contributed by atoms with Crippen LogP contribution in [0.3, 0.4) is 0 Å². The molecular formula is C26H29N5O5. The number of ether oxygens (including phenoxy) is 1. The van der Waals surface area contributed by atoms with E-state index in [1.165, 1.54) is 16.6 Å². The van der Waals surface area contributed by atoms with Crippen molar-refractivity contribution in [3.05, 3.63) is 92.6 Å². The molecule has 1 saturated heterocycles. The predicted octanol–water partition coefficient (Wildman–Crippen LogP) is 1.20. The third kappa shape index (κ3) is 5.38. The number of carbonyl (C=O) groups is 2. The molecule has 0 spiro atoms. The number of nitrogens with two attached hydrogens (primary N) is 1. The molecule has 1 fully saturated rings. The molecule has 3 aromatic rings. The average Bonchev–Trinajstić information content (AvgIpc) is 3.24. The van der Waals surface area contributed by atoms with Gasteiger partial charge in [-0.25, -0.2) is 4.79 Å². The smallest absolute Gasteiger partial charge is 0.330 e. The van der Waals surface area contributed by atoms with Crippen molar-refractivity contribution >= 4 is 23.3 Å². The maximum absolute atomic E-state index is 13.7. The van der Waals surface area contributed by atoms with Gasteiger partial charge in [-0.15, -0.1) is 0 Å². The number of likely N-dealkylation sites (tertiary alicyclic amines) is 1. The topological polar surface area (TPSA) is 131 Å². The summed E-state index contributed by atoms with van der Waals surface area (Å²) in [5.41, 5.74) is 6.53. The van der Waals surface area contributed by atoms with Crippen molar-refractivity contribution in [1.29, 1.82) is 0 Å². The summed E-state index contributed by atoms with van der Waals surface area (Å²) in [6, 6.07) is 18.7. The van der Waals surface area contributed by atoms with Gasteiger partial charge in [0.25, 0.3) is 5.56 Å². The molecule has 2 amide bonds. The molecule has 0 saturated carbocycles. The highest BCUT2D eigenvalue weighted by atomic mass is 16.5. The van der Waals surface area contributed by atoms with Crippen molar-refractivity contribution in [2.24, 2.45) is 5.92 Å². The van der Waals surface area contributed by atoms with Gasteiger partial charge < -0.3 is 20.3 Å². The Labute approximate surface area is 207 Å². The first kappa shape index (κ1) is 24.9. The lowest BCUT2D eigenvalue weighted by Gasteiger charge is -2.26. The molecule has 2 aromatic carbocycles. The van der Waals surface area contributed by atoms with Crippen molar-refractivity contribution in [2.75, 3.05) is 37.4 Å². The van der Waals surface area contributed by atoms with Crippen LogP contribution in [0.4, 0.5) is 11.5 Å². The normalized spacial score (nSPS) is 15.3. The molecule has 188 valence electrons. The van der Waals surface area contributed by atoms with Crippen LogP contribution in [0.2, 0.25) is 0 Å². The van der Waals surface area contributed by atoms with E-state index in [1.807, 2.05) is 60.7 Å². The van der Waals surface area contributed by atoms with Gasteiger partial charge in [-0.2, -0.15) is 0 Å². The minimum atomic E-state index is -0.767. The second kappa shape index (κ2) is 11.0. The van der Waals surface area contributed by atoms with E-state index in [9.17, 15) is 19.2 Å². The average molecular weight is 492 g/mol. The fourth-order valence-corrected chi connectivity index (χ4v) is 4.39. The summed E-state index contributed by atoms with van der Waals surface area (Å²) in [4.78, 5) is 57.0. The van der Waals surface area contributed by atoms with E-state index in [2.05, 4.69) is 4.98 Å². The highest BCUT2D eigenvalue weighted by Crippen LogP contribution is 2.26. The molecule has 0 aliphatic carbocycles. The number of nitrogens with zero attached hydrogens (tertiary/aromatic N) is 3. The Morgan fingerprint density at radius 2 is 1.64 bits per heavy atom. The summed E-state index contributed by atoms with van der Waals surface area (Å²) in [6.07, 6.45) is 0.0244. The maximum atomic E-state index is 13.7. The molecule has 10 heteroatoms. The molecular weight excluding hydrogens is 462 g/mol. The number of benzene rings is 2. The number of nitrogen functional groups attached to an aromatic ring is 1. The van der Waals surface area contributed by atoms with Gasteiger partial charge in [0.2, 0.25) is 11.8 Å². The molecule has 4 rings (SSSR count). The highest BCUT2D eigenvalue weighted by molar-refractivity contribution is 6.00. The lowest BCUT2D eigenvalue weighted by molar-refractivity contribution is -0.128. The van der Waals surface area contributed by atoms with Crippen LogP contribution in [-0.4, -0.2) is 53.1 Å². The van der Waals surface area contributed by atoms with Crippen LogP contribution >= 0.6 is 0 Å². The van der Waals surface area contributed by atoms with E-state index in [0.717, 1.165) is 11.1 Å². The second-order valence-corrected chi connectivity index (χ2v) is 8.71. The third-order valence-corrected chi connectivity index (χ3v) is 6.23. The number of nitrogens with one attached hydrogen (secondary N) is 1. The summed E-state index contributed by atoms with van der Waals surface area (Å²) in [7, 11) is 1.48. The quantitative estimate of drug-likeness (QED) is 0.462. The third-order valence-electron chi connectivity index (χ3n) is 6.23. The molecule has 1 atom stereocenters. The van der Waals surface area contributed by atoms with Crippen LogP contribution in [0.15, 0.2) is 70.3 Å². The Morgan fingerprint density at radius 3 is 2.25 bits per heavy atom. The zero-order valence-electron chi connectivity index (χ0n) is 20.1. The standard InChI is InChI=1S/C26H29N5O5/c1-36-13-12-30(25(34)20-14-21(32)29(17-20)15-18-8-4-2-5-9-18)22-23(27)31(26(35)28-24(22)33)16-19-10-6-3-7-11-19/h2-11,20H,12-17,27H2,1H3,(H,28,33,35). The van der Waals surface area contributed by atoms with Crippen molar-refractivity contribution in [2.45, 2.75) is 19.5 Å². The largest absolute Gasteiger partial charge is 0.383 e. The minimum absolute atomic E-state index is 0.0244. The summed E-state index contributed by atoms with van der Waals surface area (Å²) in [5.74, 6) is -1.34. The summed E-state index contributed by atoms with van der Waals surface area (Å²) >= 11 is 0. The van der Waals surface area contributed by atoms with Gasteiger partial charge in [0.05, 0.1) is 19.1 Å². The van der Waals surface area contributed by atoms with Gasteiger partial charge in [0, 0.05) is 33.2 Å². The van der Waals surface area contributed by atoms with Gasteiger partial charge in [0.15, 0.2) is 5.69 Å². The molecule has 1 aliphatic rings. The Bertz CT molecular complexity index is 1340. The van der Waals surface area contributed by atoms with Gasteiger partial charge in [-0.05, 0) is 11.1 Å². The van der Waals surface area contributed by atoms with E-state index in [0.29, 0.717) is 6.54 Å². The van der Waals surface area contributed by atoms with Crippen LogP contribution in [0.1, 0.15) is 17.5 Å². The first-order valence-corrected chi connectivity index (χ1v) is 11.7. The van der Waals surface area contributed by atoms with Crippen molar-refractivity contribution < 1.29 is 14.3 Å². The van der Waals surface area contributed by atoms with E-state index >= 15 is 0 Å². The number of H-pyrrole nitrogens is 1. The summed E-state index contributed by atoms with van der Waals surface area (Å²) in [6.45, 7) is 0.907. The van der Waals surface area contributed by atoms with Crippen molar-refractivity contribution in [1.82, 2.24) is 14.5 Å². The molecule has 0 bridgehead atoms. The lowest BCUT2D eigenvalue weighted by atomic mass is 10.1. The first-order valence-electron chi connectivity index (χ1n) is 11.7. The number of anilines is 2. The lowest BCUT2D eigenvalue weighted by Crippen LogP contribution is -2.45. The molecule has 0 radical (unpaired) electrons. The number of carbonyl (C=O) groups excluding carboxylic acids is 2. The number of rotatable bonds is 9.